The topological polar surface area (TPSA) is 63.4 Å². The van der Waals surface area contributed by atoms with Crippen LogP contribution in [0.15, 0.2) is 39.8 Å². The van der Waals surface area contributed by atoms with Gasteiger partial charge in [-0.3, -0.25) is 0 Å². The van der Waals surface area contributed by atoms with E-state index in [4.69, 9.17) is 16.1 Å². The number of aryl methyl sites for hydroxylation is 1. The van der Waals surface area contributed by atoms with Gasteiger partial charge in [0.2, 0.25) is 10.0 Å². The zero-order chi connectivity index (χ0) is 15.0. The first-order valence-electron chi connectivity index (χ1n) is 6.69. The summed E-state index contributed by atoms with van der Waals surface area (Å²) in [5.41, 5.74) is 0.751. The van der Waals surface area contributed by atoms with E-state index in [1.807, 2.05) is 6.92 Å². The maximum atomic E-state index is 12.8. The lowest BCUT2D eigenvalue weighted by Gasteiger charge is -2.22. The van der Waals surface area contributed by atoms with Crippen LogP contribution >= 0.6 is 11.6 Å². The van der Waals surface area contributed by atoms with Crippen LogP contribution in [0.1, 0.15) is 30.3 Å². The molecule has 7 heteroatoms. The number of aromatic nitrogens is 1. The molecule has 0 N–H and O–H groups in total. The summed E-state index contributed by atoms with van der Waals surface area (Å²) >= 11 is 5.82. The number of sulfonamides is 1. The molecule has 0 saturated carbocycles. The molecule has 1 aliphatic heterocycles. The molecule has 0 amide bonds. The number of hydrogen-bond donors (Lipinski definition) is 0. The standard InChI is InChI=1S/C14H15ClN2O3S/c1-10-9-14(20-16-10)13-3-2-8-17(13)21(18,19)12-6-4-11(15)5-7-12/h4-7,9,13H,2-3,8H2,1H3. The summed E-state index contributed by atoms with van der Waals surface area (Å²) in [5.74, 6) is 0.600. The van der Waals surface area contributed by atoms with E-state index in [0.29, 0.717) is 17.3 Å². The molecule has 2 aromatic rings. The van der Waals surface area contributed by atoms with Gasteiger partial charge in [-0.25, -0.2) is 8.42 Å². The third kappa shape index (κ3) is 2.71. The Morgan fingerprint density at radius 1 is 1.33 bits per heavy atom. The third-order valence-electron chi connectivity index (χ3n) is 3.60. The Bertz CT molecular complexity index is 740. The first kappa shape index (κ1) is 14.6. The van der Waals surface area contributed by atoms with Crippen molar-refractivity contribution in [3.8, 4) is 0 Å². The van der Waals surface area contributed by atoms with E-state index >= 15 is 0 Å². The second-order valence-electron chi connectivity index (χ2n) is 5.10. The largest absolute Gasteiger partial charge is 0.359 e. The quantitative estimate of drug-likeness (QED) is 0.869. The van der Waals surface area contributed by atoms with Gasteiger partial charge in [0.05, 0.1) is 16.6 Å². The van der Waals surface area contributed by atoms with Crippen LogP contribution in [-0.2, 0) is 10.0 Å². The van der Waals surface area contributed by atoms with Crippen molar-refractivity contribution in [3.05, 3.63) is 46.8 Å². The Morgan fingerprint density at radius 3 is 2.67 bits per heavy atom. The van der Waals surface area contributed by atoms with Crippen molar-refractivity contribution in [1.82, 2.24) is 9.46 Å². The molecule has 0 bridgehead atoms. The summed E-state index contributed by atoms with van der Waals surface area (Å²) in [6.07, 6.45) is 1.54. The van der Waals surface area contributed by atoms with Crippen LogP contribution in [0.2, 0.25) is 5.02 Å². The molecule has 2 heterocycles. The van der Waals surface area contributed by atoms with Gasteiger partial charge >= 0.3 is 0 Å². The van der Waals surface area contributed by atoms with Crippen LogP contribution in [-0.4, -0.2) is 24.4 Å². The summed E-state index contributed by atoms with van der Waals surface area (Å²) in [4.78, 5) is 0.245. The molecule has 1 aliphatic rings. The van der Waals surface area contributed by atoms with E-state index in [2.05, 4.69) is 5.16 Å². The summed E-state index contributed by atoms with van der Waals surface area (Å²) in [5, 5.41) is 4.36. The summed E-state index contributed by atoms with van der Waals surface area (Å²) in [6.45, 7) is 2.30. The van der Waals surface area contributed by atoms with Gasteiger partial charge in [0, 0.05) is 17.6 Å². The molecular weight excluding hydrogens is 312 g/mol. The first-order chi connectivity index (χ1) is 9.98. The van der Waals surface area contributed by atoms with Crippen molar-refractivity contribution in [2.24, 2.45) is 0 Å². The van der Waals surface area contributed by atoms with Crippen LogP contribution in [0.3, 0.4) is 0 Å². The average molecular weight is 327 g/mol. The van der Waals surface area contributed by atoms with Crippen LogP contribution in [0.25, 0.3) is 0 Å². The fourth-order valence-electron chi connectivity index (χ4n) is 2.59. The Hall–Kier alpha value is -1.37. The van der Waals surface area contributed by atoms with Gasteiger partial charge in [-0.1, -0.05) is 16.8 Å². The van der Waals surface area contributed by atoms with Crippen molar-refractivity contribution in [3.63, 3.8) is 0 Å². The zero-order valence-electron chi connectivity index (χ0n) is 11.5. The van der Waals surface area contributed by atoms with E-state index in [0.717, 1.165) is 18.5 Å². The normalized spacial score (nSPS) is 20.0. The summed E-state index contributed by atoms with van der Waals surface area (Å²) in [7, 11) is -3.56. The van der Waals surface area contributed by atoms with Crippen LogP contribution in [0.5, 0.6) is 0 Å². The van der Waals surface area contributed by atoms with Gasteiger partial charge in [0.15, 0.2) is 5.76 Å². The van der Waals surface area contributed by atoms with Gasteiger partial charge in [0.25, 0.3) is 0 Å². The first-order valence-corrected chi connectivity index (χ1v) is 8.51. The van der Waals surface area contributed by atoms with Crippen molar-refractivity contribution in [1.29, 1.82) is 0 Å². The molecule has 0 radical (unpaired) electrons. The van der Waals surface area contributed by atoms with E-state index in [1.165, 1.54) is 16.4 Å². The minimum Gasteiger partial charge on any atom is -0.359 e. The van der Waals surface area contributed by atoms with Gasteiger partial charge in [0.1, 0.15) is 0 Å². The number of halogens is 1. The molecule has 3 rings (SSSR count). The summed E-state index contributed by atoms with van der Waals surface area (Å²) in [6, 6.07) is 7.72. The Morgan fingerprint density at radius 2 is 2.05 bits per heavy atom. The highest BCUT2D eigenvalue weighted by atomic mass is 35.5. The molecule has 0 aliphatic carbocycles. The van der Waals surface area contributed by atoms with Crippen LogP contribution < -0.4 is 0 Å². The van der Waals surface area contributed by atoms with Crippen molar-refractivity contribution in [2.45, 2.75) is 30.7 Å². The van der Waals surface area contributed by atoms with Crippen molar-refractivity contribution in [2.75, 3.05) is 6.54 Å². The monoisotopic (exact) mass is 326 g/mol. The maximum Gasteiger partial charge on any atom is 0.243 e. The van der Waals surface area contributed by atoms with Crippen molar-refractivity contribution < 1.29 is 12.9 Å². The molecule has 1 saturated heterocycles. The van der Waals surface area contributed by atoms with Gasteiger partial charge in [-0.15, -0.1) is 0 Å². The lowest BCUT2D eigenvalue weighted by Crippen LogP contribution is -2.30. The highest BCUT2D eigenvalue weighted by molar-refractivity contribution is 7.89. The van der Waals surface area contributed by atoms with E-state index < -0.39 is 10.0 Å². The van der Waals surface area contributed by atoms with Gasteiger partial charge in [-0.05, 0) is 44.0 Å². The number of benzene rings is 1. The minimum absolute atomic E-state index is 0.245. The number of hydrogen-bond acceptors (Lipinski definition) is 4. The SMILES string of the molecule is Cc1cc(C2CCCN2S(=O)(=O)c2ccc(Cl)cc2)on1. The van der Waals surface area contributed by atoms with Crippen molar-refractivity contribution >= 4 is 21.6 Å². The molecule has 112 valence electrons. The highest BCUT2D eigenvalue weighted by Crippen LogP contribution is 2.36. The maximum absolute atomic E-state index is 12.8. The Balaban J connectivity index is 1.96. The molecule has 5 nitrogen and oxygen atoms in total. The third-order valence-corrected chi connectivity index (χ3v) is 5.77. The predicted molar refractivity (Wildman–Crippen MR) is 78.6 cm³/mol. The fraction of sp³-hybridized carbons (Fsp3) is 0.357. The molecule has 1 aromatic carbocycles. The van der Waals surface area contributed by atoms with E-state index in [9.17, 15) is 8.42 Å². The average Bonchev–Trinajstić information content (AvgIpc) is 3.07. The number of nitrogens with zero attached hydrogens (tertiary/aromatic N) is 2. The Labute approximate surface area is 128 Å². The van der Waals surface area contributed by atoms with Gasteiger partial charge in [-0.2, -0.15) is 4.31 Å². The minimum atomic E-state index is -3.56. The second kappa shape index (κ2) is 5.44. The summed E-state index contributed by atoms with van der Waals surface area (Å²) < 4.78 is 32.2. The molecule has 21 heavy (non-hydrogen) atoms. The molecule has 0 spiro atoms. The van der Waals surface area contributed by atoms with Crippen LogP contribution in [0.4, 0.5) is 0 Å². The van der Waals surface area contributed by atoms with Crippen LogP contribution in [0, 0.1) is 6.92 Å². The fourth-order valence-corrected chi connectivity index (χ4v) is 4.39. The molecule has 1 fully saturated rings. The number of rotatable bonds is 3. The molecular formula is C14H15ClN2O3S. The zero-order valence-corrected chi connectivity index (χ0v) is 13.1. The Kier molecular flexibility index (Phi) is 3.77. The molecule has 1 unspecified atom stereocenters. The lowest BCUT2D eigenvalue weighted by atomic mass is 10.2. The predicted octanol–water partition coefficient (Wildman–Crippen LogP) is 3.16. The smallest absolute Gasteiger partial charge is 0.243 e. The molecule has 1 atom stereocenters. The van der Waals surface area contributed by atoms with E-state index in [-0.39, 0.29) is 10.9 Å². The van der Waals surface area contributed by atoms with E-state index in [1.54, 1.807) is 18.2 Å². The lowest BCUT2D eigenvalue weighted by molar-refractivity contribution is 0.297. The van der Waals surface area contributed by atoms with Gasteiger partial charge < -0.3 is 4.52 Å². The molecule has 1 aromatic heterocycles. The highest BCUT2D eigenvalue weighted by Gasteiger charge is 2.38. The second-order valence-corrected chi connectivity index (χ2v) is 7.43.